The number of carbonyl (C=O) groups is 1. The number of thioether (sulfide) groups is 1. The van der Waals surface area contributed by atoms with Crippen LogP contribution in [0.4, 0.5) is 0 Å². The molecule has 6 heteroatoms. The van der Waals surface area contributed by atoms with Crippen LogP contribution < -0.4 is 5.32 Å². The molecule has 0 saturated carbocycles. The zero-order valence-electron chi connectivity index (χ0n) is 14.2. The second kappa shape index (κ2) is 7.98. The van der Waals surface area contributed by atoms with Gasteiger partial charge in [0.05, 0.1) is 10.9 Å². The number of hydrogen-bond acceptors (Lipinski definition) is 4. The van der Waals surface area contributed by atoms with E-state index in [1.165, 1.54) is 17.3 Å². The number of nitrogens with one attached hydrogen (secondary N) is 1. The Morgan fingerprint density at radius 1 is 1.16 bits per heavy atom. The van der Waals surface area contributed by atoms with Crippen molar-refractivity contribution in [1.82, 2.24) is 20.1 Å². The summed E-state index contributed by atoms with van der Waals surface area (Å²) in [7, 11) is 0. The number of para-hydroxylation sites is 1. The lowest BCUT2D eigenvalue weighted by molar-refractivity contribution is -0.120. The van der Waals surface area contributed by atoms with Gasteiger partial charge in [0.25, 0.3) is 0 Å². The summed E-state index contributed by atoms with van der Waals surface area (Å²) in [6, 6.07) is 17.9. The first-order valence-corrected chi connectivity index (χ1v) is 8.97. The van der Waals surface area contributed by atoms with E-state index in [-0.39, 0.29) is 11.2 Å². The van der Waals surface area contributed by atoms with E-state index >= 15 is 0 Å². The Morgan fingerprint density at radius 2 is 1.88 bits per heavy atom. The lowest BCUT2D eigenvalue weighted by Gasteiger charge is -2.10. The summed E-state index contributed by atoms with van der Waals surface area (Å²) in [4.78, 5) is 16.5. The van der Waals surface area contributed by atoms with Crippen LogP contribution in [0.1, 0.15) is 18.1 Å². The van der Waals surface area contributed by atoms with Crippen molar-refractivity contribution in [2.24, 2.45) is 0 Å². The third kappa shape index (κ3) is 4.70. The fourth-order valence-electron chi connectivity index (χ4n) is 2.26. The van der Waals surface area contributed by atoms with E-state index in [2.05, 4.69) is 15.4 Å². The molecule has 0 aliphatic rings. The maximum absolute atomic E-state index is 12.3. The van der Waals surface area contributed by atoms with Gasteiger partial charge in [-0.15, -0.1) is 5.10 Å². The quantitative estimate of drug-likeness (QED) is 0.691. The highest BCUT2D eigenvalue weighted by Gasteiger charge is 2.16. The van der Waals surface area contributed by atoms with Gasteiger partial charge in [-0.2, -0.15) is 0 Å². The second-order valence-corrected chi connectivity index (χ2v) is 7.08. The molecular weight excluding hydrogens is 332 g/mol. The van der Waals surface area contributed by atoms with Gasteiger partial charge in [-0.25, -0.2) is 9.67 Å². The van der Waals surface area contributed by atoms with Gasteiger partial charge in [-0.05, 0) is 31.5 Å². The molecule has 3 rings (SSSR count). The molecule has 0 aliphatic heterocycles. The molecule has 1 aromatic heterocycles. The van der Waals surface area contributed by atoms with E-state index in [0.717, 1.165) is 11.3 Å². The number of nitrogens with zero attached hydrogens (tertiary/aromatic N) is 3. The Balaban J connectivity index is 1.54. The van der Waals surface area contributed by atoms with Crippen molar-refractivity contribution >= 4 is 17.7 Å². The molecule has 0 saturated heterocycles. The maximum atomic E-state index is 12.3. The summed E-state index contributed by atoms with van der Waals surface area (Å²) < 4.78 is 1.71. The number of hydrogen-bond donors (Lipinski definition) is 1. The largest absolute Gasteiger partial charge is 0.351 e. The maximum Gasteiger partial charge on any atom is 0.233 e. The number of rotatable bonds is 6. The van der Waals surface area contributed by atoms with Gasteiger partial charge in [-0.3, -0.25) is 4.79 Å². The van der Waals surface area contributed by atoms with Gasteiger partial charge in [-0.1, -0.05) is 59.8 Å². The van der Waals surface area contributed by atoms with Gasteiger partial charge in [0.2, 0.25) is 11.1 Å². The molecule has 1 heterocycles. The van der Waals surface area contributed by atoms with Crippen molar-refractivity contribution in [3.8, 4) is 5.69 Å². The molecule has 1 amide bonds. The van der Waals surface area contributed by atoms with Crippen molar-refractivity contribution in [3.05, 3.63) is 72.1 Å². The molecule has 0 radical (unpaired) electrons. The molecule has 25 heavy (non-hydrogen) atoms. The second-order valence-electron chi connectivity index (χ2n) is 5.77. The average molecular weight is 352 g/mol. The highest BCUT2D eigenvalue weighted by atomic mass is 32.2. The van der Waals surface area contributed by atoms with Crippen molar-refractivity contribution < 1.29 is 4.79 Å². The van der Waals surface area contributed by atoms with Gasteiger partial charge in [0.15, 0.2) is 0 Å². The molecule has 1 N–H and O–H groups in total. The van der Waals surface area contributed by atoms with E-state index in [4.69, 9.17) is 0 Å². The topological polar surface area (TPSA) is 59.8 Å². The number of aryl methyl sites for hydroxylation is 1. The molecule has 128 valence electrons. The molecule has 1 atom stereocenters. The summed E-state index contributed by atoms with van der Waals surface area (Å²) in [5.41, 5.74) is 3.24. The van der Waals surface area contributed by atoms with Crippen molar-refractivity contribution in [1.29, 1.82) is 0 Å². The first kappa shape index (κ1) is 17.2. The molecule has 3 aromatic rings. The number of aromatic nitrogens is 3. The number of benzene rings is 2. The fraction of sp³-hybridized carbons (Fsp3) is 0.211. The normalized spacial score (nSPS) is 11.9. The summed E-state index contributed by atoms with van der Waals surface area (Å²) >= 11 is 1.35. The van der Waals surface area contributed by atoms with Gasteiger partial charge >= 0.3 is 0 Å². The average Bonchev–Trinajstić information content (AvgIpc) is 3.10. The van der Waals surface area contributed by atoms with E-state index in [0.29, 0.717) is 11.7 Å². The predicted octanol–water partition coefficient (Wildman–Crippen LogP) is 3.37. The first-order chi connectivity index (χ1) is 12.1. The lowest BCUT2D eigenvalue weighted by Crippen LogP contribution is -2.30. The van der Waals surface area contributed by atoms with Gasteiger partial charge in [0, 0.05) is 6.54 Å². The van der Waals surface area contributed by atoms with Crippen LogP contribution in [-0.2, 0) is 11.3 Å². The van der Waals surface area contributed by atoms with Crippen LogP contribution in [0.25, 0.3) is 5.69 Å². The first-order valence-electron chi connectivity index (χ1n) is 8.09. The van der Waals surface area contributed by atoms with Gasteiger partial charge < -0.3 is 5.32 Å². The van der Waals surface area contributed by atoms with Crippen molar-refractivity contribution in [2.75, 3.05) is 0 Å². The molecule has 1 unspecified atom stereocenters. The fourth-order valence-corrected chi connectivity index (χ4v) is 3.01. The standard InChI is InChI=1S/C19H20N4OS/c1-14-8-10-16(11-9-14)12-20-18(24)15(2)25-19-21-13-23(22-19)17-6-4-3-5-7-17/h3-11,13,15H,12H2,1-2H3,(H,20,24). The zero-order valence-corrected chi connectivity index (χ0v) is 15.0. The molecule has 0 spiro atoms. The number of carbonyl (C=O) groups excluding carboxylic acids is 1. The van der Waals surface area contributed by atoms with Crippen LogP contribution in [0.2, 0.25) is 0 Å². The SMILES string of the molecule is Cc1ccc(CNC(=O)C(C)Sc2ncn(-c3ccccc3)n2)cc1. The zero-order chi connectivity index (χ0) is 17.6. The Morgan fingerprint density at radius 3 is 2.60 bits per heavy atom. The van der Waals surface area contributed by atoms with Crippen LogP contribution in [0.15, 0.2) is 66.1 Å². The minimum Gasteiger partial charge on any atom is -0.351 e. The summed E-state index contributed by atoms with van der Waals surface area (Å²) in [6.07, 6.45) is 1.66. The minimum atomic E-state index is -0.267. The van der Waals surface area contributed by atoms with Crippen LogP contribution in [0.5, 0.6) is 0 Å². The molecular formula is C19H20N4OS. The molecule has 0 bridgehead atoms. The lowest BCUT2D eigenvalue weighted by atomic mass is 10.1. The van der Waals surface area contributed by atoms with E-state index in [1.54, 1.807) is 11.0 Å². The van der Waals surface area contributed by atoms with E-state index in [9.17, 15) is 4.79 Å². The monoisotopic (exact) mass is 352 g/mol. The third-order valence-electron chi connectivity index (χ3n) is 3.73. The summed E-state index contributed by atoms with van der Waals surface area (Å²) in [5, 5.41) is 7.69. The highest BCUT2D eigenvalue weighted by molar-refractivity contribution is 8.00. The van der Waals surface area contributed by atoms with Crippen LogP contribution in [0.3, 0.4) is 0 Å². The van der Waals surface area contributed by atoms with Crippen molar-refractivity contribution in [3.63, 3.8) is 0 Å². The Labute approximate surface area is 151 Å². The number of amides is 1. The van der Waals surface area contributed by atoms with Gasteiger partial charge in [0.1, 0.15) is 6.33 Å². The molecule has 2 aromatic carbocycles. The summed E-state index contributed by atoms with van der Waals surface area (Å²) in [6.45, 7) is 4.43. The smallest absolute Gasteiger partial charge is 0.233 e. The van der Waals surface area contributed by atoms with Crippen LogP contribution in [0, 0.1) is 6.92 Å². The highest BCUT2D eigenvalue weighted by Crippen LogP contribution is 2.20. The van der Waals surface area contributed by atoms with Crippen LogP contribution in [-0.4, -0.2) is 25.9 Å². The van der Waals surface area contributed by atoms with Crippen LogP contribution >= 0.6 is 11.8 Å². The third-order valence-corrected chi connectivity index (χ3v) is 4.70. The van der Waals surface area contributed by atoms with E-state index in [1.807, 2.05) is 68.4 Å². The van der Waals surface area contributed by atoms with E-state index < -0.39 is 0 Å². The van der Waals surface area contributed by atoms with Crippen molar-refractivity contribution in [2.45, 2.75) is 30.8 Å². The minimum absolute atomic E-state index is 0.0263. The molecule has 0 fully saturated rings. The Kier molecular flexibility index (Phi) is 5.50. The Hall–Kier alpha value is -2.60. The summed E-state index contributed by atoms with van der Waals surface area (Å²) in [5.74, 6) is -0.0263. The Bertz CT molecular complexity index is 830. The molecule has 0 aliphatic carbocycles. The molecule has 5 nitrogen and oxygen atoms in total. The predicted molar refractivity (Wildman–Crippen MR) is 99.7 cm³/mol.